The zero-order valence-electron chi connectivity index (χ0n) is 5.87. The van der Waals surface area contributed by atoms with Crippen LogP contribution in [-0.4, -0.2) is 11.0 Å². The standard InChI is InChI=1S/C6H4ClNO2.Na/c7-4-2-1-3-8-5(4)6(9)10;/h1-3H,(H,9,10);/q;+1/p-1. The van der Waals surface area contributed by atoms with Gasteiger partial charge < -0.3 is 9.90 Å². The maximum Gasteiger partial charge on any atom is 1.00 e. The molecule has 0 N–H and O–H groups in total. The van der Waals surface area contributed by atoms with E-state index in [1.54, 1.807) is 6.07 Å². The van der Waals surface area contributed by atoms with Gasteiger partial charge in [-0.2, -0.15) is 0 Å². The van der Waals surface area contributed by atoms with Crippen LogP contribution in [0.1, 0.15) is 10.5 Å². The van der Waals surface area contributed by atoms with Gasteiger partial charge in [0.15, 0.2) is 0 Å². The Balaban J connectivity index is 0.000001000. The first-order valence-corrected chi connectivity index (χ1v) is 2.91. The molecule has 52 valence electrons. The first kappa shape index (κ1) is 10.9. The van der Waals surface area contributed by atoms with E-state index < -0.39 is 5.97 Å². The number of aromatic nitrogens is 1. The normalized spacial score (nSPS) is 8.45. The summed E-state index contributed by atoms with van der Waals surface area (Å²) in [5.74, 6) is -1.36. The Morgan fingerprint density at radius 2 is 2.27 bits per heavy atom. The van der Waals surface area contributed by atoms with E-state index in [0.717, 1.165) is 0 Å². The Morgan fingerprint density at radius 1 is 1.64 bits per heavy atom. The van der Waals surface area contributed by atoms with Crippen LogP contribution >= 0.6 is 11.6 Å². The second kappa shape index (κ2) is 4.72. The van der Waals surface area contributed by atoms with Crippen molar-refractivity contribution in [2.24, 2.45) is 0 Å². The van der Waals surface area contributed by atoms with E-state index in [2.05, 4.69) is 4.98 Å². The molecule has 1 heterocycles. The summed E-state index contributed by atoms with van der Waals surface area (Å²) in [6.45, 7) is 0. The molecule has 0 aliphatic carbocycles. The molecule has 0 saturated heterocycles. The number of hydrogen-bond donors (Lipinski definition) is 0. The van der Waals surface area contributed by atoms with Gasteiger partial charge in [0.2, 0.25) is 0 Å². The number of hydrogen-bond acceptors (Lipinski definition) is 3. The molecule has 0 amide bonds. The van der Waals surface area contributed by atoms with Crippen LogP contribution in [0.4, 0.5) is 0 Å². The summed E-state index contributed by atoms with van der Waals surface area (Å²) in [6, 6.07) is 2.99. The molecule has 1 rings (SSSR count). The second-order valence-electron chi connectivity index (χ2n) is 1.62. The molecule has 0 atom stereocenters. The zero-order chi connectivity index (χ0) is 7.56. The summed E-state index contributed by atoms with van der Waals surface area (Å²) < 4.78 is 0. The van der Waals surface area contributed by atoms with Gasteiger partial charge in [0.05, 0.1) is 11.0 Å². The van der Waals surface area contributed by atoms with Gasteiger partial charge in [0, 0.05) is 6.20 Å². The van der Waals surface area contributed by atoms with Crippen molar-refractivity contribution in [1.82, 2.24) is 4.98 Å². The summed E-state index contributed by atoms with van der Waals surface area (Å²) >= 11 is 5.44. The van der Waals surface area contributed by atoms with Crippen molar-refractivity contribution in [3.05, 3.63) is 29.0 Å². The average Bonchev–Trinajstić information content (AvgIpc) is 1.88. The molecule has 1 aromatic rings. The fourth-order valence-electron chi connectivity index (χ4n) is 0.536. The van der Waals surface area contributed by atoms with Crippen molar-refractivity contribution in [3.8, 4) is 0 Å². The molecule has 0 spiro atoms. The number of nitrogens with zero attached hydrogens (tertiary/aromatic N) is 1. The van der Waals surface area contributed by atoms with Crippen molar-refractivity contribution in [2.75, 3.05) is 0 Å². The van der Waals surface area contributed by atoms with Crippen LogP contribution in [0.25, 0.3) is 0 Å². The van der Waals surface area contributed by atoms with E-state index in [1.807, 2.05) is 0 Å². The smallest absolute Gasteiger partial charge is 0.543 e. The van der Waals surface area contributed by atoms with E-state index in [-0.39, 0.29) is 40.3 Å². The minimum absolute atomic E-state index is 0. The summed E-state index contributed by atoms with van der Waals surface area (Å²) in [4.78, 5) is 13.6. The van der Waals surface area contributed by atoms with Crippen molar-refractivity contribution >= 4 is 17.6 Å². The molecule has 0 radical (unpaired) electrons. The summed E-state index contributed by atoms with van der Waals surface area (Å²) in [5, 5.41) is 10.3. The fourth-order valence-corrected chi connectivity index (χ4v) is 0.735. The van der Waals surface area contributed by atoms with E-state index >= 15 is 0 Å². The first-order valence-electron chi connectivity index (χ1n) is 2.53. The van der Waals surface area contributed by atoms with E-state index in [0.29, 0.717) is 0 Å². The monoisotopic (exact) mass is 179 g/mol. The molecule has 0 unspecified atom stereocenters. The summed E-state index contributed by atoms with van der Waals surface area (Å²) in [5.41, 5.74) is -0.218. The third-order valence-corrected chi connectivity index (χ3v) is 1.26. The van der Waals surface area contributed by atoms with Crippen molar-refractivity contribution in [3.63, 3.8) is 0 Å². The van der Waals surface area contributed by atoms with Crippen LogP contribution in [0.2, 0.25) is 5.02 Å². The van der Waals surface area contributed by atoms with E-state index in [4.69, 9.17) is 11.6 Å². The number of carbonyl (C=O) groups excluding carboxylic acids is 1. The fraction of sp³-hybridized carbons (Fsp3) is 0. The van der Waals surface area contributed by atoms with Crippen molar-refractivity contribution in [1.29, 1.82) is 0 Å². The van der Waals surface area contributed by atoms with E-state index in [1.165, 1.54) is 12.3 Å². The minimum Gasteiger partial charge on any atom is -0.543 e. The molecule has 1 aromatic heterocycles. The number of rotatable bonds is 1. The number of halogens is 1. The Labute approximate surface area is 90.7 Å². The van der Waals surface area contributed by atoms with Crippen LogP contribution in [-0.2, 0) is 0 Å². The van der Waals surface area contributed by atoms with Crippen LogP contribution < -0.4 is 34.7 Å². The Bertz CT molecular complexity index is 267. The average molecular weight is 180 g/mol. The van der Waals surface area contributed by atoms with Gasteiger partial charge in [0.1, 0.15) is 5.69 Å². The summed E-state index contributed by atoms with van der Waals surface area (Å²) in [6.07, 6.45) is 1.34. The van der Waals surface area contributed by atoms with Gasteiger partial charge in [0.25, 0.3) is 0 Å². The van der Waals surface area contributed by atoms with Crippen molar-refractivity contribution < 1.29 is 39.5 Å². The predicted molar refractivity (Wildman–Crippen MR) is 33.6 cm³/mol. The predicted octanol–water partition coefficient (Wildman–Crippen LogP) is -2.90. The van der Waals surface area contributed by atoms with Gasteiger partial charge >= 0.3 is 29.6 Å². The Morgan fingerprint density at radius 3 is 2.64 bits per heavy atom. The van der Waals surface area contributed by atoms with Crippen LogP contribution in [0.5, 0.6) is 0 Å². The molecular formula is C6H3ClNNaO2. The van der Waals surface area contributed by atoms with Gasteiger partial charge in [-0.15, -0.1) is 0 Å². The Hall–Kier alpha value is -0.0900. The molecule has 3 nitrogen and oxygen atoms in total. The third-order valence-electron chi connectivity index (χ3n) is 0.952. The van der Waals surface area contributed by atoms with E-state index in [9.17, 15) is 9.90 Å². The molecule has 0 bridgehead atoms. The van der Waals surface area contributed by atoms with Gasteiger partial charge in [-0.05, 0) is 12.1 Å². The van der Waals surface area contributed by atoms with Crippen molar-refractivity contribution in [2.45, 2.75) is 0 Å². The quantitative estimate of drug-likeness (QED) is 0.435. The minimum atomic E-state index is -1.36. The first-order chi connectivity index (χ1) is 4.72. The van der Waals surface area contributed by atoms with Gasteiger partial charge in [-0.3, -0.25) is 4.98 Å². The van der Waals surface area contributed by atoms with Gasteiger partial charge in [-0.1, -0.05) is 11.6 Å². The van der Waals surface area contributed by atoms with Crippen LogP contribution in [0.3, 0.4) is 0 Å². The molecule has 0 aliphatic heterocycles. The van der Waals surface area contributed by atoms with Gasteiger partial charge in [-0.25, -0.2) is 0 Å². The largest absolute Gasteiger partial charge is 1.00 e. The van der Waals surface area contributed by atoms with Crippen LogP contribution in [0.15, 0.2) is 18.3 Å². The molecule has 0 saturated carbocycles. The number of carboxylic acids is 1. The number of pyridine rings is 1. The number of carboxylic acid groups (broad SMARTS) is 1. The maximum atomic E-state index is 10.2. The summed E-state index contributed by atoms with van der Waals surface area (Å²) in [7, 11) is 0. The Kier molecular flexibility index (Phi) is 4.68. The van der Waals surface area contributed by atoms with Crippen LogP contribution in [0, 0.1) is 0 Å². The topological polar surface area (TPSA) is 53.0 Å². The molecule has 5 heteroatoms. The second-order valence-corrected chi connectivity index (χ2v) is 2.03. The maximum absolute atomic E-state index is 10.2. The third kappa shape index (κ3) is 2.79. The molecular weight excluding hydrogens is 177 g/mol. The SMILES string of the molecule is O=C([O-])c1ncccc1Cl.[Na+]. The molecule has 11 heavy (non-hydrogen) atoms. The molecule has 0 aliphatic rings. The number of aromatic carboxylic acids is 1. The molecule has 0 fully saturated rings. The zero-order valence-corrected chi connectivity index (χ0v) is 8.63. The number of carbonyl (C=O) groups is 1. The molecule has 0 aromatic carbocycles.